The van der Waals surface area contributed by atoms with E-state index < -0.39 is 0 Å². The zero-order chi connectivity index (χ0) is 14.9. The van der Waals surface area contributed by atoms with E-state index in [0.29, 0.717) is 17.6 Å². The van der Waals surface area contributed by atoms with Crippen molar-refractivity contribution in [1.82, 2.24) is 15.3 Å². The third kappa shape index (κ3) is 2.43. The fourth-order valence-electron chi connectivity index (χ4n) is 2.34. The summed E-state index contributed by atoms with van der Waals surface area (Å²) in [5.41, 5.74) is 8.86. The van der Waals surface area contributed by atoms with E-state index in [1.807, 2.05) is 39.8 Å². The Balaban J connectivity index is 2.84. The number of rotatable bonds is 3. The van der Waals surface area contributed by atoms with E-state index in [1.165, 1.54) is 0 Å². The van der Waals surface area contributed by atoms with Gasteiger partial charge in [0.25, 0.3) is 5.91 Å². The largest absolute Gasteiger partial charge is 0.368 e. The quantitative estimate of drug-likeness (QED) is 0.899. The molecule has 0 aliphatic carbocycles. The number of benzene rings is 1. The molecule has 0 atom stereocenters. The maximum atomic E-state index is 12.3. The van der Waals surface area contributed by atoms with E-state index in [0.717, 1.165) is 16.6 Å². The minimum atomic E-state index is -0.0918. The molecular formula is C15H20N4O. The van der Waals surface area contributed by atoms with Gasteiger partial charge in [-0.3, -0.25) is 4.79 Å². The Morgan fingerprint density at radius 1 is 1.35 bits per heavy atom. The maximum absolute atomic E-state index is 12.3. The first-order chi connectivity index (χ1) is 9.45. The number of hydrogen-bond donors (Lipinski definition) is 2. The van der Waals surface area contributed by atoms with Crippen molar-refractivity contribution in [2.75, 3.05) is 12.3 Å². The highest BCUT2D eigenvalue weighted by molar-refractivity contribution is 6.08. The number of nitrogen functional groups attached to an aromatic ring is 1. The van der Waals surface area contributed by atoms with Gasteiger partial charge in [0.1, 0.15) is 0 Å². The number of aromatic nitrogens is 2. The molecule has 0 saturated carbocycles. The maximum Gasteiger partial charge on any atom is 0.252 e. The lowest BCUT2D eigenvalue weighted by atomic mass is 9.96. The summed E-state index contributed by atoms with van der Waals surface area (Å²) in [6.07, 6.45) is 0. The topological polar surface area (TPSA) is 80.9 Å². The average molecular weight is 272 g/mol. The second kappa shape index (κ2) is 5.45. The Kier molecular flexibility index (Phi) is 3.88. The van der Waals surface area contributed by atoms with Gasteiger partial charge in [0, 0.05) is 11.9 Å². The average Bonchev–Trinajstić information content (AvgIpc) is 2.38. The van der Waals surface area contributed by atoms with E-state index in [2.05, 4.69) is 15.3 Å². The summed E-state index contributed by atoms with van der Waals surface area (Å²) in [7, 11) is 0. The van der Waals surface area contributed by atoms with Crippen LogP contribution >= 0.6 is 0 Å². The highest BCUT2D eigenvalue weighted by Crippen LogP contribution is 2.28. The van der Waals surface area contributed by atoms with Crippen molar-refractivity contribution < 1.29 is 4.79 Å². The summed E-state index contributed by atoms with van der Waals surface area (Å²) in [5.74, 6) is 0.315. The Bertz CT molecular complexity index is 664. The molecule has 0 saturated heterocycles. The third-order valence-corrected chi connectivity index (χ3v) is 3.23. The standard InChI is InChI=1S/C15H20N4O/c1-5-17-14(20)11-9(4)6-7-10-12(11)13(8(2)3)19-15(16)18-10/h6-8H,5H2,1-4H3,(H,17,20)(H2,16,18,19). The molecule has 0 aliphatic heterocycles. The number of amides is 1. The van der Waals surface area contributed by atoms with Crippen molar-refractivity contribution >= 4 is 22.8 Å². The minimum Gasteiger partial charge on any atom is -0.368 e. The van der Waals surface area contributed by atoms with E-state index in [9.17, 15) is 4.79 Å². The summed E-state index contributed by atoms with van der Waals surface area (Å²) in [4.78, 5) is 20.9. The molecule has 5 nitrogen and oxygen atoms in total. The molecule has 1 aromatic heterocycles. The number of nitrogens with two attached hydrogens (primary N) is 1. The Hall–Kier alpha value is -2.17. The van der Waals surface area contributed by atoms with Gasteiger partial charge in [-0.05, 0) is 31.4 Å². The van der Waals surface area contributed by atoms with Gasteiger partial charge in [-0.1, -0.05) is 19.9 Å². The van der Waals surface area contributed by atoms with Gasteiger partial charge in [-0.2, -0.15) is 0 Å². The molecule has 1 heterocycles. The number of aryl methyl sites for hydroxylation is 1. The molecule has 0 bridgehead atoms. The molecule has 0 aliphatic rings. The van der Waals surface area contributed by atoms with Gasteiger partial charge in [-0.25, -0.2) is 9.97 Å². The van der Waals surface area contributed by atoms with Gasteiger partial charge in [0.05, 0.1) is 16.8 Å². The highest BCUT2D eigenvalue weighted by atomic mass is 16.1. The van der Waals surface area contributed by atoms with Gasteiger partial charge in [0.15, 0.2) is 0 Å². The molecule has 5 heteroatoms. The molecule has 106 valence electrons. The normalized spacial score (nSPS) is 11.1. The molecular weight excluding hydrogens is 252 g/mol. The summed E-state index contributed by atoms with van der Waals surface area (Å²) < 4.78 is 0. The fraction of sp³-hybridized carbons (Fsp3) is 0.400. The monoisotopic (exact) mass is 272 g/mol. The summed E-state index contributed by atoms with van der Waals surface area (Å²) in [6.45, 7) is 8.47. The zero-order valence-corrected chi connectivity index (χ0v) is 12.3. The first kappa shape index (κ1) is 14.2. The van der Waals surface area contributed by atoms with E-state index >= 15 is 0 Å². The van der Waals surface area contributed by atoms with Crippen LogP contribution in [0.5, 0.6) is 0 Å². The zero-order valence-electron chi connectivity index (χ0n) is 12.3. The van der Waals surface area contributed by atoms with E-state index in [4.69, 9.17) is 5.73 Å². The first-order valence-corrected chi connectivity index (χ1v) is 6.80. The summed E-state index contributed by atoms with van der Waals surface area (Å²) >= 11 is 0. The van der Waals surface area contributed by atoms with E-state index in [1.54, 1.807) is 0 Å². The minimum absolute atomic E-state index is 0.0918. The fourth-order valence-corrected chi connectivity index (χ4v) is 2.34. The molecule has 0 fully saturated rings. The lowest BCUT2D eigenvalue weighted by Gasteiger charge is -2.15. The van der Waals surface area contributed by atoms with Crippen molar-refractivity contribution in [2.24, 2.45) is 0 Å². The second-order valence-electron chi connectivity index (χ2n) is 5.13. The van der Waals surface area contributed by atoms with E-state index in [-0.39, 0.29) is 17.8 Å². The van der Waals surface area contributed by atoms with Crippen LogP contribution in [0.2, 0.25) is 0 Å². The van der Waals surface area contributed by atoms with Crippen LogP contribution in [0.25, 0.3) is 10.9 Å². The number of hydrogen-bond acceptors (Lipinski definition) is 4. The molecule has 2 aromatic rings. The molecule has 0 spiro atoms. The molecule has 3 N–H and O–H groups in total. The van der Waals surface area contributed by atoms with Crippen molar-refractivity contribution in [2.45, 2.75) is 33.6 Å². The first-order valence-electron chi connectivity index (χ1n) is 6.80. The Morgan fingerprint density at radius 2 is 2.05 bits per heavy atom. The van der Waals surface area contributed by atoms with Crippen molar-refractivity contribution in [3.05, 3.63) is 29.0 Å². The van der Waals surface area contributed by atoms with Crippen molar-refractivity contribution in [1.29, 1.82) is 0 Å². The second-order valence-corrected chi connectivity index (χ2v) is 5.13. The van der Waals surface area contributed by atoms with Crippen LogP contribution in [-0.4, -0.2) is 22.4 Å². The Morgan fingerprint density at radius 3 is 2.65 bits per heavy atom. The number of carbonyl (C=O) groups is 1. The van der Waals surface area contributed by atoms with Crippen LogP contribution in [0, 0.1) is 6.92 Å². The number of fused-ring (bicyclic) bond motifs is 1. The van der Waals surface area contributed by atoms with Gasteiger partial charge in [0.2, 0.25) is 5.95 Å². The number of carbonyl (C=O) groups excluding carboxylic acids is 1. The van der Waals surface area contributed by atoms with Gasteiger partial charge < -0.3 is 11.1 Å². The predicted octanol–water partition coefficient (Wildman–Crippen LogP) is 2.39. The smallest absolute Gasteiger partial charge is 0.252 e. The predicted molar refractivity (Wildman–Crippen MR) is 80.8 cm³/mol. The third-order valence-electron chi connectivity index (χ3n) is 3.23. The lowest BCUT2D eigenvalue weighted by Crippen LogP contribution is -2.24. The Labute approximate surface area is 118 Å². The van der Waals surface area contributed by atoms with Crippen LogP contribution in [0.15, 0.2) is 12.1 Å². The van der Waals surface area contributed by atoms with Crippen LogP contribution in [0.1, 0.15) is 48.3 Å². The highest BCUT2D eigenvalue weighted by Gasteiger charge is 2.19. The van der Waals surface area contributed by atoms with Crippen molar-refractivity contribution in [3.63, 3.8) is 0 Å². The number of nitrogens with zero attached hydrogens (tertiary/aromatic N) is 2. The molecule has 0 radical (unpaired) electrons. The van der Waals surface area contributed by atoms with Gasteiger partial charge in [-0.15, -0.1) is 0 Å². The SMILES string of the molecule is CCNC(=O)c1c(C)ccc2nc(N)nc(C(C)C)c12. The molecule has 1 amide bonds. The van der Waals surface area contributed by atoms with Crippen LogP contribution in [0.3, 0.4) is 0 Å². The lowest BCUT2D eigenvalue weighted by molar-refractivity contribution is 0.0957. The van der Waals surface area contributed by atoms with Crippen LogP contribution in [0.4, 0.5) is 5.95 Å². The molecule has 1 aromatic carbocycles. The summed E-state index contributed by atoms with van der Waals surface area (Å²) in [5, 5.41) is 3.66. The van der Waals surface area contributed by atoms with Crippen LogP contribution in [-0.2, 0) is 0 Å². The van der Waals surface area contributed by atoms with Gasteiger partial charge >= 0.3 is 0 Å². The molecule has 20 heavy (non-hydrogen) atoms. The number of anilines is 1. The molecule has 0 unspecified atom stereocenters. The number of nitrogens with one attached hydrogen (secondary N) is 1. The van der Waals surface area contributed by atoms with Crippen LogP contribution < -0.4 is 11.1 Å². The molecule has 2 rings (SSSR count). The summed E-state index contributed by atoms with van der Waals surface area (Å²) in [6, 6.07) is 3.78. The van der Waals surface area contributed by atoms with Crippen molar-refractivity contribution in [3.8, 4) is 0 Å².